The number of carboxylic acid groups (broad SMARTS) is 1. The Balaban J connectivity index is 2.66. The molecule has 0 saturated carbocycles. The predicted octanol–water partition coefficient (Wildman–Crippen LogP) is 2.78. The molecular formula is C13H17IN2O3. The van der Waals surface area contributed by atoms with Gasteiger partial charge in [-0.2, -0.15) is 0 Å². The summed E-state index contributed by atoms with van der Waals surface area (Å²) in [6.07, 6.45) is 0. The maximum Gasteiger partial charge on any atom is 0.321 e. The lowest BCUT2D eigenvalue weighted by Crippen LogP contribution is -2.36. The minimum Gasteiger partial charge on any atom is -0.481 e. The van der Waals surface area contributed by atoms with E-state index in [4.69, 9.17) is 5.11 Å². The van der Waals surface area contributed by atoms with Crippen LogP contribution in [0.15, 0.2) is 18.2 Å². The summed E-state index contributed by atoms with van der Waals surface area (Å²) in [4.78, 5) is 24.0. The number of aliphatic carboxylic acids is 1. The van der Waals surface area contributed by atoms with E-state index >= 15 is 0 Å². The van der Waals surface area contributed by atoms with Gasteiger partial charge >= 0.3 is 12.0 Å². The number of benzene rings is 1. The van der Waals surface area contributed by atoms with Gasteiger partial charge < -0.3 is 15.3 Å². The molecule has 104 valence electrons. The van der Waals surface area contributed by atoms with E-state index in [1.165, 1.54) is 4.90 Å². The molecule has 1 aromatic carbocycles. The van der Waals surface area contributed by atoms with Crippen LogP contribution in [-0.2, 0) is 4.79 Å². The lowest BCUT2D eigenvalue weighted by atomic mass is 10.2. The Kier molecular flexibility index (Phi) is 5.59. The van der Waals surface area contributed by atoms with Crippen molar-refractivity contribution in [1.82, 2.24) is 4.90 Å². The number of aryl methyl sites for hydroxylation is 1. The number of amides is 2. The Labute approximate surface area is 126 Å². The van der Waals surface area contributed by atoms with Crippen LogP contribution in [0.3, 0.4) is 0 Å². The molecule has 0 aliphatic heterocycles. The lowest BCUT2D eigenvalue weighted by Gasteiger charge is -2.20. The molecule has 5 nitrogen and oxygen atoms in total. The fourth-order valence-electron chi connectivity index (χ4n) is 1.55. The zero-order valence-electron chi connectivity index (χ0n) is 11.1. The van der Waals surface area contributed by atoms with Gasteiger partial charge in [-0.05, 0) is 53.3 Å². The van der Waals surface area contributed by atoms with Gasteiger partial charge in [-0.15, -0.1) is 0 Å². The summed E-state index contributed by atoms with van der Waals surface area (Å²) >= 11 is 2.20. The first-order valence-corrected chi connectivity index (χ1v) is 6.90. The molecule has 0 aliphatic carbocycles. The molecule has 0 saturated heterocycles. The Hall–Kier alpha value is -1.31. The second kappa shape index (κ2) is 6.74. The molecule has 6 heteroatoms. The fourth-order valence-corrected chi connectivity index (χ4v) is 2.20. The second-order valence-corrected chi connectivity index (χ2v) is 5.75. The van der Waals surface area contributed by atoms with Crippen LogP contribution >= 0.6 is 22.6 Å². The topological polar surface area (TPSA) is 69.6 Å². The third-order valence-corrected chi connectivity index (χ3v) is 3.42. The van der Waals surface area contributed by atoms with E-state index in [0.717, 1.165) is 14.8 Å². The van der Waals surface area contributed by atoms with Crippen LogP contribution in [0.2, 0.25) is 0 Å². The molecule has 2 amide bonds. The molecular weight excluding hydrogens is 359 g/mol. The largest absolute Gasteiger partial charge is 0.481 e. The van der Waals surface area contributed by atoms with Crippen LogP contribution in [0.4, 0.5) is 10.5 Å². The van der Waals surface area contributed by atoms with Gasteiger partial charge in [-0.3, -0.25) is 4.79 Å². The molecule has 0 heterocycles. The first kappa shape index (κ1) is 15.7. The highest BCUT2D eigenvalue weighted by Crippen LogP contribution is 2.18. The van der Waals surface area contributed by atoms with Crippen LogP contribution in [0.5, 0.6) is 0 Å². The van der Waals surface area contributed by atoms with Gasteiger partial charge in [0.05, 0.1) is 5.92 Å². The van der Waals surface area contributed by atoms with E-state index in [1.807, 2.05) is 25.1 Å². The Morgan fingerprint density at radius 2 is 2.11 bits per heavy atom. The van der Waals surface area contributed by atoms with Gasteiger partial charge in [-0.25, -0.2) is 4.79 Å². The van der Waals surface area contributed by atoms with Crippen molar-refractivity contribution in [3.63, 3.8) is 0 Å². The number of nitrogens with one attached hydrogen (secondary N) is 1. The molecule has 19 heavy (non-hydrogen) atoms. The van der Waals surface area contributed by atoms with Crippen molar-refractivity contribution in [2.24, 2.45) is 5.92 Å². The third-order valence-electron chi connectivity index (χ3n) is 2.75. The maximum absolute atomic E-state index is 11.9. The number of halogens is 1. The third kappa shape index (κ3) is 4.70. The van der Waals surface area contributed by atoms with E-state index in [1.54, 1.807) is 14.0 Å². The molecule has 0 aromatic heterocycles. The van der Waals surface area contributed by atoms with Gasteiger partial charge in [0.1, 0.15) is 0 Å². The quantitative estimate of drug-likeness (QED) is 0.795. The average Bonchev–Trinajstić information content (AvgIpc) is 2.32. The molecule has 0 bridgehead atoms. The van der Waals surface area contributed by atoms with Gasteiger partial charge in [0.15, 0.2) is 0 Å². The first-order chi connectivity index (χ1) is 8.81. The number of carbonyl (C=O) groups is 2. The number of anilines is 1. The standard InChI is InChI=1S/C13H17IN2O3/c1-8-6-10(14)4-5-11(8)15-13(19)16(3)7-9(2)12(17)18/h4-6,9H,7H2,1-3H3,(H,15,19)(H,17,18). The minimum absolute atomic E-state index is 0.171. The first-order valence-electron chi connectivity index (χ1n) is 5.82. The summed E-state index contributed by atoms with van der Waals surface area (Å²) < 4.78 is 1.10. The molecule has 1 aromatic rings. The minimum atomic E-state index is -0.912. The van der Waals surface area contributed by atoms with Crippen molar-refractivity contribution in [3.8, 4) is 0 Å². The van der Waals surface area contributed by atoms with Crippen LogP contribution in [0, 0.1) is 16.4 Å². The van der Waals surface area contributed by atoms with E-state index in [0.29, 0.717) is 0 Å². The highest BCUT2D eigenvalue weighted by atomic mass is 127. The highest BCUT2D eigenvalue weighted by molar-refractivity contribution is 14.1. The van der Waals surface area contributed by atoms with E-state index in [9.17, 15) is 9.59 Å². The summed E-state index contributed by atoms with van der Waals surface area (Å²) in [6, 6.07) is 5.40. The summed E-state index contributed by atoms with van der Waals surface area (Å²) in [7, 11) is 1.58. The summed E-state index contributed by atoms with van der Waals surface area (Å²) in [5.41, 5.74) is 1.71. The lowest BCUT2D eigenvalue weighted by molar-refractivity contribution is -0.141. The molecule has 1 rings (SSSR count). The van der Waals surface area contributed by atoms with Crippen molar-refractivity contribution < 1.29 is 14.7 Å². The number of nitrogens with zero attached hydrogens (tertiary/aromatic N) is 1. The van der Waals surface area contributed by atoms with Crippen LogP contribution in [0.25, 0.3) is 0 Å². The van der Waals surface area contributed by atoms with Crippen molar-refractivity contribution in [1.29, 1.82) is 0 Å². The summed E-state index contributed by atoms with van der Waals surface area (Å²) in [5.74, 6) is -1.50. The molecule has 0 spiro atoms. The van der Waals surface area contributed by atoms with Crippen LogP contribution in [0.1, 0.15) is 12.5 Å². The molecule has 0 fully saturated rings. The zero-order chi connectivity index (χ0) is 14.6. The predicted molar refractivity (Wildman–Crippen MR) is 82.3 cm³/mol. The van der Waals surface area contributed by atoms with Gasteiger partial charge in [-0.1, -0.05) is 6.92 Å². The molecule has 1 atom stereocenters. The Morgan fingerprint density at radius 1 is 1.47 bits per heavy atom. The maximum atomic E-state index is 11.9. The van der Waals surface area contributed by atoms with E-state index < -0.39 is 11.9 Å². The second-order valence-electron chi connectivity index (χ2n) is 4.51. The number of carboxylic acids is 1. The van der Waals surface area contributed by atoms with Gasteiger partial charge in [0.25, 0.3) is 0 Å². The number of carbonyl (C=O) groups excluding carboxylic acids is 1. The number of hydrogen-bond acceptors (Lipinski definition) is 2. The van der Waals surface area contributed by atoms with Crippen molar-refractivity contribution >= 4 is 40.3 Å². The number of rotatable bonds is 4. The van der Waals surface area contributed by atoms with Crippen LogP contribution in [-0.4, -0.2) is 35.6 Å². The van der Waals surface area contributed by atoms with Crippen molar-refractivity contribution in [3.05, 3.63) is 27.3 Å². The van der Waals surface area contributed by atoms with Crippen molar-refractivity contribution in [2.45, 2.75) is 13.8 Å². The molecule has 0 aliphatic rings. The summed E-state index contributed by atoms with van der Waals surface area (Å²) in [5, 5.41) is 11.6. The normalized spacial score (nSPS) is 11.8. The zero-order valence-corrected chi connectivity index (χ0v) is 13.3. The molecule has 1 unspecified atom stereocenters. The van der Waals surface area contributed by atoms with E-state index in [2.05, 4.69) is 27.9 Å². The number of hydrogen-bond donors (Lipinski definition) is 2. The highest BCUT2D eigenvalue weighted by Gasteiger charge is 2.17. The summed E-state index contributed by atoms with van der Waals surface area (Å²) in [6.45, 7) is 3.66. The van der Waals surface area contributed by atoms with Gasteiger partial charge in [0.2, 0.25) is 0 Å². The van der Waals surface area contributed by atoms with E-state index in [-0.39, 0.29) is 12.6 Å². The fraction of sp³-hybridized carbons (Fsp3) is 0.385. The average molecular weight is 376 g/mol. The Morgan fingerprint density at radius 3 is 2.63 bits per heavy atom. The molecule has 2 N–H and O–H groups in total. The van der Waals surface area contributed by atoms with Crippen molar-refractivity contribution in [2.75, 3.05) is 18.9 Å². The monoisotopic (exact) mass is 376 g/mol. The smallest absolute Gasteiger partial charge is 0.321 e. The Bertz CT molecular complexity index is 491. The SMILES string of the molecule is Cc1cc(I)ccc1NC(=O)N(C)CC(C)C(=O)O. The number of urea groups is 1. The molecule has 0 radical (unpaired) electrons. The van der Waals surface area contributed by atoms with Gasteiger partial charge in [0, 0.05) is 22.8 Å². The van der Waals surface area contributed by atoms with Crippen LogP contribution < -0.4 is 5.32 Å².